The molecule has 0 aromatic carbocycles. The molecular formula is C11H11N3O3S. The van der Waals surface area contributed by atoms with E-state index in [-0.39, 0.29) is 5.75 Å². The van der Waals surface area contributed by atoms with E-state index >= 15 is 0 Å². The van der Waals surface area contributed by atoms with E-state index in [1.807, 2.05) is 6.07 Å². The van der Waals surface area contributed by atoms with Crippen LogP contribution in [0.15, 0.2) is 18.3 Å². The van der Waals surface area contributed by atoms with Crippen LogP contribution in [0.3, 0.4) is 0 Å². The van der Waals surface area contributed by atoms with Crippen LogP contribution >= 0.6 is 11.8 Å². The standard InChI is InChI=1S/C11H11N3O3S/c12-4-9-3-8(1-2-13-9)5-18-6-10(11(16)17)14-7-15/h1-3,7,10H,5-6H2,(H,14,15)(H,16,17). The molecule has 0 aliphatic heterocycles. The van der Waals surface area contributed by atoms with Crippen LogP contribution in [-0.2, 0) is 15.3 Å². The summed E-state index contributed by atoms with van der Waals surface area (Å²) in [5.74, 6) is -0.248. The van der Waals surface area contributed by atoms with E-state index < -0.39 is 12.0 Å². The molecule has 94 valence electrons. The van der Waals surface area contributed by atoms with E-state index in [1.54, 1.807) is 12.1 Å². The summed E-state index contributed by atoms with van der Waals surface area (Å²) >= 11 is 1.36. The van der Waals surface area contributed by atoms with Crippen LogP contribution in [0.2, 0.25) is 0 Å². The van der Waals surface area contributed by atoms with E-state index in [1.165, 1.54) is 18.0 Å². The second-order valence-electron chi connectivity index (χ2n) is 3.35. The van der Waals surface area contributed by atoms with Gasteiger partial charge in [0.05, 0.1) is 0 Å². The van der Waals surface area contributed by atoms with Crippen molar-refractivity contribution in [2.45, 2.75) is 11.8 Å². The molecule has 1 unspecified atom stereocenters. The lowest BCUT2D eigenvalue weighted by Crippen LogP contribution is -2.37. The summed E-state index contributed by atoms with van der Waals surface area (Å²) in [5.41, 5.74) is 1.22. The van der Waals surface area contributed by atoms with Gasteiger partial charge in [-0.2, -0.15) is 17.0 Å². The molecule has 0 aliphatic carbocycles. The Morgan fingerprint density at radius 3 is 3.11 bits per heavy atom. The smallest absolute Gasteiger partial charge is 0.327 e. The van der Waals surface area contributed by atoms with Gasteiger partial charge in [0.25, 0.3) is 0 Å². The molecule has 1 amide bonds. The van der Waals surface area contributed by atoms with Gasteiger partial charge in [-0.05, 0) is 17.7 Å². The number of hydrogen-bond acceptors (Lipinski definition) is 5. The van der Waals surface area contributed by atoms with E-state index in [0.717, 1.165) is 5.56 Å². The summed E-state index contributed by atoms with van der Waals surface area (Å²) in [6, 6.07) is 4.44. The van der Waals surface area contributed by atoms with Crippen molar-refractivity contribution >= 4 is 24.1 Å². The number of pyridine rings is 1. The third-order valence-corrected chi connectivity index (χ3v) is 3.17. The second-order valence-corrected chi connectivity index (χ2v) is 4.38. The summed E-state index contributed by atoms with van der Waals surface area (Å²) in [4.78, 5) is 24.8. The maximum atomic E-state index is 10.7. The summed E-state index contributed by atoms with van der Waals surface area (Å²) in [5, 5.41) is 19.7. The molecule has 18 heavy (non-hydrogen) atoms. The van der Waals surface area contributed by atoms with Crippen molar-refractivity contribution in [3.05, 3.63) is 29.6 Å². The second kappa shape index (κ2) is 7.29. The van der Waals surface area contributed by atoms with Gasteiger partial charge in [0.2, 0.25) is 6.41 Å². The molecule has 1 heterocycles. The maximum Gasteiger partial charge on any atom is 0.327 e. The number of nitriles is 1. The zero-order valence-corrected chi connectivity index (χ0v) is 10.2. The van der Waals surface area contributed by atoms with Crippen LogP contribution in [0.5, 0.6) is 0 Å². The Hall–Kier alpha value is -2.07. The number of nitrogens with one attached hydrogen (secondary N) is 1. The Bertz CT molecular complexity index is 473. The van der Waals surface area contributed by atoms with Crippen molar-refractivity contribution in [2.24, 2.45) is 0 Å². The number of aliphatic carboxylic acids is 1. The van der Waals surface area contributed by atoms with Crippen molar-refractivity contribution in [1.82, 2.24) is 10.3 Å². The highest BCUT2D eigenvalue weighted by Gasteiger charge is 2.15. The number of nitrogens with zero attached hydrogens (tertiary/aromatic N) is 2. The molecule has 1 rings (SSSR count). The number of carboxylic acid groups (broad SMARTS) is 1. The van der Waals surface area contributed by atoms with Crippen LogP contribution in [0.25, 0.3) is 0 Å². The number of hydrogen-bond donors (Lipinski definition) is 2. The highest BCUT2D eigenvalue weighted by molar-refractivity contribution is 7.98. The molecule has 1 aromatic rings. The molecule has 0 saturated heterocycles. The average Bonchev–Trinajstić information content (AvgIpc) is 2.38. The lowest BCUT2D eigenvalue weighted by molar-refractivity contribution is -0.139. The number of amides is 1. The SMILES string of the molecule is N#Cc1cc(CSCC(NC=O)C(=O)O)ccn1. The van der Waals surface area contributed by atoms with Gasteiger partial charge in [0, 0.05) is 17.7 Å². The third kappa shape index (κ3) is 4.43. The quantitative estimate of drug-likeness (QED) is 0.691. The molecule has 0 spiro atoms. The minimum atomic E-state index is -1.07. The normalized spacial score (nSPS) is 11.3. The first kappa shape index (κ1) is 14.0. The number of aromatic nitrogens is 1. The van der Waals surface area contributed by atoms with Crippen LogP contribution < -0.4 is 5.32 Å². The van der Waals surface area contributed by atoms with Gasteiger partial charge >= 0.3 is 5.97 Å². The first-order valence-corrected chi connectivity index (χ1v) is 6.18. The van der Waals surface area contributed by atoms with Gasteiger partial charge in [-0.3, -0.25) is 4.79 Å². The largest absolute Gasteiger partial charge is 0.480 e. The molecule has 0 radical (unpaired) electrons. The average molecular weight is 265 g/mol. The molecule has 7 heteroatoms. The van der Waals surface area contributed by atoms with Gasteiger partial charge in [-0.15, -0.1) is 0 Å². The Morgan fingerprint density at radius 1 is 1.72 bits per heavy atom. The van der Waals surface area contributed by atoms with E-state index in [0.29, 0.717) is 17.9 Å². The third-order valence-electron chi connectivity index (χ3n) is 2.06. The highest BCUT2D eigenvalue weighted by Crippen LogP contribution is 2.13. The number of carbonyl (C=O) groups is 2. The number of rotatable bonds is 7. The Morgan fingerprint density at radius 2 is 2.50 bits per heavy atom. The predicted molar refractivity (Wildman–Crippen MR) is 65.7 cm³/mol. The molecule has 0 bridgehead atoms. The molecule has 6 nitrogen and oxygen atoms in total. The van der Waals surface area contributed by atoms with Gasteiger partial charge in [0.1, 0.15) is 17.8 Å². The molecular weight excluding hydrogens is 254 g/mol. The fourth-order valence-corrected chi connectivity index (χ4v) is 2.20. The fraction of sp³-hybridized carbons (Fsp3) is 0.273. The number of carboxylic acids is 1. The van der Waals surface area contributed by atoms with Gasteiger partial charge in [-0.25, -0.2) is 9.78 Å². The predicted octanol–water partition coefficient (Wildman–Crippen LogP) is 0.386. The zero-order valence-electron chi connectivity index (χ0n) is 9.37. The lowest BCUT2D eigenvalue weighted by Gasteiger charge is -2.10. The van der Waals surface area contributed by atoms with Crippen molar-refractivity contribution in [2.75, 3.05) is 5.75 Å². The summed E-state index contributed by atoms with van der Waals surface area (Å²) in [6.07, 6.45) is 1.91. The Balaban J connectivity index is 2.47. The topological polar surface area (TPSA) is 103 Å². The minimum Gasteiger partial charge on any atom is -0.480 e. The Labute approximate surface area is 108 Å². The first-order chi connectivity index (χ1) is 8.67. The fourth-order valence-electron chi connectivity index (χ4n) is 1.19. The maximum absolute atomic E-state index is 10.7. The number of carbonyl (C=O) groups excluding carboxylic acids is 1. The van der Waals surface area contributed by atoms with E-state index in [9.17, 15) is 9.59 Å². The van der Waals surface area contributed by atoms with Crippen LogP contribution in [-0.4, -0.2) is 34.3 Å². The molecule has 0 aliphatic rings. The summed E-state index contributed by atoms with van der Waals surface area (Å²) in [6.45, 7) is 0. The van der Waals surface area contributed by atoms with Crippen molar-refractivity contribution in [3.8, 4) is 6.07 Å². The highest BCUT2D eigenvalue weighted by atomic mass is 32.2. The van der Waals surface area contributed by atoms with Crippen molar-refractivity contribution in [3.63, 3.8) is 0 Å². The molecule has 1 atom stereocenters. The molecule has 1 aromatic heterocycles. The first-order valence-electron chi connectivity index (χ1n) is 5.02. The summed E-state index contributed by atoms with van der Waals surface area (Å²) < 4.78 is 0. The van der Waals surface area contributed by atoms with Gasteiger partial charge in [0.15, 0.2) is 0 Å². The van der Waals surface area contributed by atoms with Crippen molar-refractivity contribution in [1.29, 1.82) is 5.26 Å². The zero-order chi connectivity index (χ0) is 13.4. The minimum absolute atomic E-state index is 0.262. The molecule has 2 N–H and O–H groups in total. The van der Waals surface area contributed by atoms with Crippen LogP contribution in [0.4, 0.5) is 0 Å². The van der Waals surface area contributed by atoms with Gasteiger partial charge < -0.3 is 10.4 Å². The summed E-state index contributed by atoms with van der Waals surface area (Å²) in [7, 11) is 0. The molecule has 0 saturated carbocycles. The van der Waals surface area contributed by atoms with Gasteiger partial charge in [-0.1, -0.05) is 0 Å². The van der Waals surface area contributed by atoms with E-state index in [4.69, 9.17) is 10.4 Å². The molecule has 0 fully saturated rings. The van der Waals surface area contributed by atoms with E-state index in [2.05, 4.69) is 10.3 Å². The number of thioether (sulfide) groups is 1. The van der Waals surface area contributed by atoms with Crippen molar-refractivity contribution < 1.29 is 14.7 Å². The lowest BCUT2D eigenvalue weighted by atomic mass is 10.2. The van der Waals surface area contributed by atoms with Crippen LogP contribution in [0.1, 0.15) is 11.3 Å². The monoisotopic (exact) mass is 265 g/mol. The Kier molecular flexibility index (Phi) is 5.67. The van der Waals surface area contributed by atoms with Crippen LogP contribution in [0, 0.1) is 11.3 Å².